The summed E-state index contributed by atoms with van der Waals surface area (Å²) >= 11 is 0. The molecule has 1 aromatic rings. The minimum Gasteiger partial charge on any atom is -0.506 e. The summed E-state index contributed by atoms with van der Waals surface area (Å²) < 4.78 is 0. The molecule has 1 rings (SSSR count). The first kappa shape index (κ1) is 12.0. The zero-order chi connectivity index (χ0) is 12.0. The number of aromatic nitrogens is 1. The number of nitrogens with one attached hydrogen (secondary N) is 2. The molecule has 3 amide bonds. The van der Waals surface area contributed by atoms with Crippen molar-refractivity contribution in [3.8, 4) is 5.75 Å². The lowest BCUT2D eigenvalue weighted by molar-refractivity contribution is -0.119. The molecular weight excluding hydrogens is 210 g/mol. The van der Waals surface area contributed by atoms with E-state index in [0.29, 0.717) is 12.8 Å². The number of aromatic hydroxyl groups is 1. The number of anilines is 1. The fraction of sp³-hybridized carbons (Fsp3) is 0.300. The van der Waals surface area contributed by atoms with E-state index in [2.05, 4.69) is 15.6 Å². The van der Waals surface area contributed by atoms with Crippen LogP contribution >= 0.6 is 0 Å². The number of amides is 3. The number of pyridine rings is 1. The van der Waals surface area contributed by atoms with E-state index in [0.717, 1.165) is 0 Å². The zero-order valence-corrected chi connectivity index (χ0v) is 8.86. The maximum Gasteiger partial charge on any atom is 0.327 e. The quantitative estimate of drug-likeness (QED) is 0.718. The second-order valence-corrected chi connectivity index (χ2v) is 3.15. The lowest BCUT2D eigenvalue weighted by Gasteiger charge is -2.05. The molecule has 6 nitrogen and oxygen atoms in total. The van der Waals surface area contributed by atoms with Gasteiger partial charge in [0.1, 0.15) is 11.6 Å². The van der Waals surface area contributed by atoms with Crippen LogP contribution in [0.25, 0.3) is 0 Å². The molecule has 0 fully saturated rings. The number of carbonyl (C=O) groups is 2. The maximum absolute atomic E-state index is 11.2. The third-order valence-corrected chi connectivity index (χ3v) is 1.72. The number of urea groups is 1. The molecule has 86 valence electrons. The van der Waals surface area contributed by atoms with Gasteiger partial charge < -0.3 is 5.11 Å². The molecule has 0 unspecified atom stereocenters. The van der Waals surface area contributed by atoms with Gasteiger partial charge in [-0.3, -0.25) is 15.4 Å². The summed E-state index contributed by atoms with van der Waals surface area (Å²) in [7, 11) is 0. The van der Waals surface area contributed by atoms with Crippen molar-refractivity contribution < 1.29 is 14.7 Å². The van der Waals surface area contributed by atoms with E-state index in [1.807, 2.05) is 6.92 Å². The van der Waals surface area contributed by atoms with E-state index in [1.54, 1.807) is 0 Å². The van der Waals surface area contributed by atoms with Crippen LogP contribution in [-0.2, 0) is 4.79 Å². The lowest BCUT2D eigenvalue weighted by atomic mass is 10.3. The van der Waals surface area contributed by atoms with Crippen LogP contribution in [0.15, 0.2) is 18.3 Å². The Morgan fingerprint density at radius 1 is 1.44 bits per heavy atom. The fourth-order valence-electron chi connectivity index (χ4n) is 1.02. The van der Waals surface area contributed by atoms with Gasteiger partial charge in [-0.1, -0.05) is 6.92 Å². The van der Waals surface area contributed by atoms with Gasteiger partial charge in [0.2, 0.25) is 5.91 Å². The minimum absolute atomic E-state index is 0.00742. The van der Waals surface area contributed by atoms with Gasteiger partial charge >= 0.3 is 6.03 Å². The third-order valence-electron chi connectivity index (χ3n) is 1.72. The number of hydrogen-bond acceptors (Lipinski definition) is 4. The van der Waals surface area contributed by atoms with Crippen molar-refractivity contribution in [3.63, 3.8) is 0 Å². The van der Waals surface area contributed by atoms with E-state index in [-0.39, 0.29) is 17.5 Å². The Kier molecular flexibility index (Phi) is 4.26. The van der Waals surface area contributed by atoms with E-state index >= 15 is 0 Å². The molecule has 0 aromatic carbocycles. The van der Waals surface area contributed by atoms with Gasteiger partial charge in [-0.05, 0) is 18.6 Å². The Balaban J connectivity index is 2.45. The first-order chi connectivity index (χ1) is 7.61. The molecule has 0 spiro atoms. The second kappa shape index (κ2) is 5.69. The van der Waals surface area contributed by atoms with Crippen molar-refractivity contribution in [3.05, 3.63) is 18.3 Å². The van der Waals surface area contributed by atoms with Crippen LogP contribution in [0.3, 0.4) is 0 Å². The molecule has 3 N–H and O–H groups in total. The highest BCUT2D eigenvalue weighted by molar-refractivity contribution is 6.00. The van der Waals surface area contributed by atoms with Crippen molar-refractivity contribution in [1.82, 2.24) is 10.3 Å². The van der Waals surface area contributed by atoms with Crippen LogP contribution in [0.4, 0.5) is 10.6 Å². The van der Waals surface area contributed by atoms with E-state index < -0.39 is 6.03 Å². The number of hydrogen-bond donors (Lipinski definition) is 3. The Morgan fingerprint density at radius 2 is 2.19 bits per heavy atom. The molecule has 0 radical (unpaired) electrons. The molecule has 1 heterocycles. The topological polar surface area (TPSA) is 91.3 Å². The molecule has 0 bridgehead atoms. The molecule has 16 heavy (non-hydrogen) atoms. The smallest absolute Gasteiger partial charge is 0.327 e. The number of carbonyl (C=O) groups excluding carboxylic acids is 2. The van der Waals surface area contributed by atoms with Gasteiger partial charge in [0.15, 0.2) is 0 Å². The van der Waals surface area contributed by atoms with E-state index in [9.17, 15) is 9.59 Å². The zero-order valence-electron chi connectivity index (χ0n) is 8.86. The molecular formula is C10H13N3O3. The Labute approximate surface area is 92.7 Å². The molecule has 0 aliphatic heterocycles. The van der Waals surface area contributed by atoms with Crippen LogP contribution in [0.2, 0.25) is 0 Å². The first-order valence-corrected chi connectivity index (χ1v) is 4.87. The monoisotopic (exact) mass is 223 g/mol. The predicted octanol–water partition coefficient (Wildman–Crippen LogP) is 1.24. The minimum atomic E-state index is -0.628. The summed E-state index contributed by atoms with van der Waals surface area (Å²) in [5.74, 6) is -0.0635. The van der Waals surface area contributed by atoms with Crippen LogP contribution in [0, 0.1) is 0 Å². The number of imide groups is 1. The van der Waals surface area contributed by atoms with Crippen LogP contribution < -0.4 is 10.6 Å². The summed E-state index contributed by atoms with van der Waals surface area (Å²) in [6.07, 6.45) is 2.18. The van der Waals surface area contributed by atoms with E-state index in [4.69, 9.17) is 5.11 Å². The normalized spacial score (nSPS) is 9.56. The van der Waals surface area contributed by atoms with Gasteiger partial charge in [0.05, 0.1) is 6.20 Å². The molecule has 0 aliphatic carbocycles. The Hall–Kier alpha value is -2.11. The van der Waals surface area contributed by atoms with Crippen molar-refractivity contribution in [2.24, 2.45) is 0 Å². The van der Waals surface area contributed by atoms with Crippen LogP contribution in [0.5, 0.6) is 5.75 Å². The van der Waals surface area contributed by atoms with E-state index in [1.165, 1.54) is 18.3 Å². The predicted molar refractivity (Wildman–Crippen MR) is 58.0 cm³/mol. The summed E-state index contributed by atoms with van der Waals surface area (Å²) in [4.78, 5) is 26.0. The largest absolute Gasteiger partial charge is 0.506 e. The Morgan fingerprint density at radius 3 is 2.75 bits per heavy atom. The maximum atomic E-state index is 11.2. The van der Waals surface area contributed by atoms with Crippen LogP contribution in [-0.4, -0.2) is 22.0 Å². The number of nitrogens with zero attached hydrogens (tertiary/aromatic N) is 1. The van der Waals surface area contributed by atoms with Gasteiger partial charge in [-0.15, -0.1) is 0 Å². The van der Waals surface area contributed by atoms with Crippen molar-refractivity contribution in [2.75, 3.05) is 5.32 Å². The van der Waals surface area contributed by atoms with Crippen molar-refractivity contribution >= 4 is 17.8 Å². The van der Waals surface area contributed by atoms with Gasteiger partial charge in [-0.25, -0.2) is 9.78 Å². The molecule has 0 saturated carbocycles. The lowest BCUT2D eigenvalue weighted by Crippen LogP contribution is -2.34. The average molecular weight is 223 g/mol. The highest BCUT2D eigenvalue weighted by Gasteiger charge is 2.06. The first-order valence-electron chi connectivity index (χ1n) is 4.87. The van der Waals surface area contributed by atoms with Crippen molar-refractivity contribution in [1.29, 1.82) is 0 Å². The second-order valence-electron chi connectivity index (χ2n) is 3.15. The standard InChI is InChI=1S/C10H13N3O3/c1-2-3-9(15)13-10(16)12-8-5-4-7(14)6-11-8/h4-6,14H,2-3H2,1H3,(H2,11,12,13,15,16). The summed E-state index contributed by atoms with van der Waals surface area (Å²) in [5, 5.41) is 13.5. The molecule has 0 aliphatic rings. The average Bonchev–Trinajstić information content (AvgIpc) is 2.21. The highest BCUT2D eigenvalue weighted by Crippen LogP contribution is 2.09. The third kappa shape index (κ3) is 3.95. The highest BCUT2D eigenvalue weighted by atomic mass is 16.3. The van der Waals surface area contributed by atoms with Gasteiger partial charge in [-0.2, -0.15) is 0 Å². The summed E-state index contributed by atoms with van der Waals surface area (Å²) in [5.41, 5.74) is 0. The summed E-state index contributed by atoms with van der Waals surface area (Å²) in [6.45, 7) is 1.85. The molecule has 1 aromatic heterocycles. The number of rotatable bonds is 3. The Bertz CT molecular complexity index is 375. The van der Waals surface area contributed by atoms with Crippen LogP contribution in [0.1, 0.15) is 19.8 Å². The fourth-order valence-corrected chi connectivity index (χ4v) is 1.02. The molecule has 0 saturated heterocycles. The molecule has 6 heteroatoms. The SMILES string of the molecule is CCCC(=O)NC(=O)Nc1ccc(O)cn1. The van der Waals surface area contributed by atoms with Crippen molar-refractivity contribution in [2.45, 2.75) is 19.8 Å². The van der Waals surface area contributed by atoms with Gasteiger partial charge in [0.25, 0.3) is 0 Å². The van der Waals surface area contributed by atoms with Gasteiger partial charge in [0, 0.05) is 6.42 Å². The molecule has 0 atom stereocenters. The summed E-state index contributed by atoms with van der Waals surface area (Å²) in [6, 6.07) is 2.19.